The van der Waals surface area contributed by atoms with Crippen molar-refractivity contribution >= 4 is 29.1 Å². The summed E-state index contributed by atoms with van der Waals surface area (Å²) < 4.78 is 4.96. The Morgan fingerprint density at radius 2 is 2.12 bits per heavy atom. The van der Waals surface area contributed by atoms with E-state index in [-0.39, 0.29) is 0 Å². The van der Waals surface area contributed by atoms with Crippen LogP contribution in [-0.4, -0.2) is 5.16 Å². The van der Waals surface area contributed by atoms with Crippen LogP contribution >= 0.6 is 23.2 Å². The maximum atomic E-state index is 6.09. The Kier molecular flexibility index (Phi) is 3.08. The molecular formula is C11H10Cl2N2O. The zero-order valence-corrected chi connectivity index (χ0v) is 10.1. The molecule has 0 bridgehead atoms. The lowest BCUT2D eigenvalue weighted by Gasteiger charge is -2.02. The third-order valence-corrected chi connectivity index (χ3v) is 2.92. The SMILES string of the molecule is CCc1c(-c2cc(Cl)ccc2Cl)noc1N. The molecule has 0 aliphatic carbocycles. The van der Waals surface area contributed by atoms with Crippen LogP contribution in [0.3, 0.4) is 0 Å². The summed E-state index contributed by atoms with van der Waals surface area (Å²) in [6.07, 6.45) is 0.730. The van der Waals surface area contributed by atoms with Crippen molar-refractivity contribution in [1.82, 2.24) is 5.16 Å². The van der Waals surface area contributed by atoms with Crippen LogP contribution < -0.4 is 5.73 Å². The van der Waals surface area contributed by atoms with Gasteiger partial charge in [-0.2, -0.15) is 0 Å². The summed E-state index contributed by atoms with van der Waals surface area (Å²) in [5, 5.41) is 5.09. The second-order valence-corrected chi connectivity index (χ2v) is 4.20. The van der Waals surface area contributed by atoms with E-state index in [4.69, 9.17) is 33.5 Å². The molecule has 0 fully saturated rings. The van der Waals surface area contributed by atoms with Gasteiger partial charge in [-0.15, -0.1) is 0 Å². The summed E-state index contributed by atoms with van der Waals surface area (Å²) in [6, 6.07) is 5.20. The van der Waals surface area contributed by atoms with E-state index in [0.29, 0.717) is 21.6 Å². The quantitative estimate of drug-likeness (QED) is 0.890. The standard InChI is InChI=1S/C11H10Cl2N2O/c1-2-7-10(15-16-11(7)14)8-5-6(12)3-4-9(8)13/h3-5H,2,14H2,1H3. The van der Waals surface area contributed by atoms with Gasteiger partial charge < -0.3 is 10.3 Å². The van der Waals surface area contributed by atoms with Gasteiger partial charge in [0.05, 0.1) is 5.02 Å². The first-order valence-electron chi connectivity index (χ1n) is 4.83. The molecule has 0 saturated carbocycles. The Morgan fingerprint density at radius 3 is 2.81 bits per heavy atom. The van der Waals surface area contributed by atoms with Crippen molar-refractivity contribution in [3.05, 3.63) is 33.8 Å². The first-order valence-corrected chi connectivity index (χ1v) is 5.58. The van der Waals surface area contributed by atoms with Crippen molar-refractivity contribution in [2.24, 2.45) is 0 Å². The molecule has 0 radical (unpaired) electrons. The van der Waals surface area contributed by atoms with Crippen molar-refractivity contribution in [3.63, 3.8) is 0 Å². The number of nitrogens with zero attached hydrogens (tertiary/aromatic N) is 1. The van der Waals surface area contributed by atoms with Gasteiger partial charge in [0.15, 0.2) is 0 Å². The highest BCUT2D eigenvalue weighted by molar-refractivity contribution is 6.35. The third kappa shape index (κ3) is 1.88. The van der Waals surface area contributed by atoms with Crippen LogP contribution in [-0.2, 0) is 6.42 Å². The predicted octanol–water partition coefficient (Wildman–Crippen LogP) is 3.79. The van der Waals surface area contributed by atoms with E-state index in [9.17, 15) is 0 Å². The Bertz CT molecular complexity index is 523. The summed E-state index contributed by atoms with van der Waals surface area (Å²) in [5.74, 6) is 0.327. The number of nitrogen functional groups attached to an aromatic ring is 1. The molecule has 1 aromatic heterocycles. The minimum absolute atomic E-state index is 0.327. The van der Waals surface area contributed by atoms with Crippen molar-refractivity contribution in [2.45, 2.75) is 13.3 Å². The largest absolute Gasteiger partial charge is 0.367 e. The number of halogens is 2. The van der Waals surface area contributed by atoms with Crippen molar-refractivity contribution in [1.29, 1.82) is 0 Å². The lowest BCUT2D eigenvalue weighted by Crippen LogP contribution is -1.90. The van der Waals surface area contributed by atoms with E-state index >= 15 is 0 Å². The van der Waals surface area contributed by atoms with Crippen LogP contribution in [0.4, 0.5) is 5.88 Å². The molecule has 0 aliphatic rings. The number of benzene rings is 1. The molecule has 3 nitrogen and oxygen atoms in total. The minimum Gasteiger partial charge on any atom is -0.367 e. The normalized spacial score (nSPS) is 10.7. The summed E-state index contributed by atoms with van der Waals surface area (Å²) >= 11 is 12.0. The van der Waals surface area contributed by atoms with Gasteiger partial charge in [-0.1, -0.05) is 35.3 Å². The molecule has 5 heteroatoms. The van der Waals surface area contributed by atoms with Gasteiger partial charge in [0, 0.05) is 16.1 Å². The zero-order valence-electron chi connectivity index (χ0n) is 8.63. The Labute approximate surface area is 103 Å². The van der Waals surface area contributed by atoms with Crippen LogP contribution in [0.1, 0.15) is 12.5 Å². The van der Waals surface area contributed by atoms with E-state index in [1.165, 1.54) is 0 Å². The van der Waals surface area contributed by atoms with Crippen LogP contribution in [0, 0.1) is 0 Å². The summed E-state index contributed by atoms with van der Waals surface area (Å²) in [5.41, 5.74) is 7.93. The topological polar surface area (TPSA) is 52.0 Å². The molecule has 16 heavy (non-hydrogen) atoms. The van der Waals surface area contributed by atoms with E-state index in [1.54, 1.807) is 18.2 Å². The van der Waals surface area contributed by atoms with E-state index < -0.39 is 0 Å². The van der Waals surface area contributed by atoms with Gasteiger partial charge in [0.2, 0.25) is 5.88 Å². The van der Waals surface area contributed by atoms with Crippen LogP contribution in [0.15, 0.2) is 22.7 Å². The fourth-order valence-electron chi connectivity index (χ4n) is 1.55. The highest BCUT2D eigenvalue weighted by atomic mass is 35.5. The molecule has 84 valence electrons. The van der Waals surface area contributed by atoms with Gasteiger partial charge in [-0.05, 0) is 24.6 Å². The molecule has 1 aromatic carbocycles. The molecule has 0 aliphatic heterocycles. The number of anilines is 1. The molecule has 2 N–H and O–H groups in total. The van der Waals surface area contributed by atoms with Gasteiger partial charge in [0.1, 0.15) is 5.69 Å². The fraction of sp³-hybridized carbons (Fsp3) is 0.182. The molecule has 2 rings (SSSR count). The third-order valence-electron chi connectivity index (χ3n) is 2.36. The molecule has 0 unspecified atom stereocenters. The number of aromatic nitrogens is 1. The minimum atomic E-state index is 0.327. The number of rotatable bonds is 2. The van der Waals surface area contributed by atoms with Crippen molar-refractivity contribution in [2.75, 3.05) is 5.73 Å². The molecular weight excluding hydrogens is 247 g/mol. The number of nitrogens with two attached hydrogens (primary N) is 1. The highest BCUT2D eigenvalue weighted by Gasteiger charge is 2.16. The highest BCUT2D eigenvalue weighted by Crippen LogP contribution is 2.34. The second kappa shape index (κ2) is 4.36. The van der Waals surface area contributed by atoms with Crippen molar-refractivity contribution in [3.8, 4) is 11.3 Å². The molecule has 0 atom stereocenters. The van der Waals surface area contributed by atoms with Gasteiger partial charge in [0.25, 0.3) is 0 Å². The molecule has 0 spiro atoms. The van der Waals surface area contributed by atoms with Gasteiger partial charge in [-0.3, -0.25) is 0 Å². The maximum absolute atomic E-state index is 6.09. The van der Waals surface area contributed by atoms with Crippen LogP contribution in [0.25, 0.3) is 11.3 Å². The molecule has 1 heterocycles. The number of hydrogen-bond acceptors (Lipinski definition) is 3. The first-order chi connectivity index (χ1) is 7.63. The van der Waals surface area contributed by atoms with Gasteiger partial charge in [-0.25, -0.2) is 0 Å². The second-order valence-electron chi connectivity index (χ2n) is 3.35. The van der Waals surface area contributed by atoms with Crippen LogP contribution in [0.2, 0.25) is 10.0 Å². The van der Waals surface area contributed by atoms with Crippen LogP contribution in [0.5, 0.6) is 0 Å². The van der Waals surface area contributed by atoms with Crippen molar-refractivity contribution < 1.29 is 4.52 Å². The van der Waals surface area contributed by atoms with E-state index in [0.717, 1.165) is 17.5 Å². The summed E-state index contributed by atoms with van der Waals surface area (Å²) in [6.45, 7) is 1.98. The first kappa shape index (κ1) is 11.3. The van der Waals surface area contributed by atoms with E-state index in [1.807, 2.05) is 6.92 Å². The van der Waals surface area contributed by atoms with E-state index in [2.05, 4.69) is 5.16 Å². The zero-order chi connectivity index (χ0) is 11.7. The summed E-state index contributed by atoms with van der Waals surface area (Å²) in [4.78, 5) is 0. The van der Waals surface area contributed by atoms with Gasteiger partial charge >= 0.3 is 0 Å². The lowest BCUT2D eigenvalue weighted by molar-refractivity contribution is 0.438. The molecule has 0 saturated heterocycles. The number of hydrogen-bond donors (Lipinski definition) is 1. The lowest BCUT2D eigenvalue weighted by atomic mass is 10.1. The average molecular weight is 257 g/mol. The average Bonchev–Trinajstić information content (AvgIpc) is 2.63. The Hall–Kier alpha value is -1.19. The monoisotopic (exact) mass is 256 g/mol. The maximum Gasteiger partial charge on any atom is 0.225 e. The Morgan fingerprint density at radius 1 is 1.38 bits per heavy atom. The fourth-order valence-corrected chi connectivity index (χ4v) is 1.93. The summed E-state index contributed by atoms with van der Waals surface area (Å²) in [7, 11) is 0. The predicted molar refractivity (Wildman–Crippen MR) is 65.7 cm³/mol. The molecule has 2 aromatic rings. The smallest absolute Gasteiger partial charge is 0.225 e. The molecule has 0 amide bonds. The Balaban J connectivity index is 2.62.